The smallest absolute Gasteiger partial charge is 0.352 e. The van der Waals surface area contributed by atoms with Gasteiger partial charge in [-0.3, -0.25) is 19.3 Å². The topological polar surface area (TPSA) is 223 Å². The molecule has 2 unspecified atom stereocenters. The van der Waals surface area contributed by atoms with Crippen LogP contribution in [0.3, 0.4) is 0 Å². The van der Waals surface area contributed by atoms with Crippen LogP contribution >= 0.6 is 34.9 Å². The van der Waals surface area contributed by atoms with Crippen LogP contribution in [0.1, 0.15) is 27.0 Å². The minimum absolute atomic E-state index is 0.116. The van der Waals surface area contributed by atoms with Crippen molar-refractivity contribution in [3.05, 3.63) is 63.8 Å². The van der Waals surface area contributed by atoms with E-state index >= 15 is 0 Å². The van der Waals surface area contributed by atoms with E-state index < -0.39 is 64.0 Å². The number of phenols is 4. The van der Waals surface area contributed by atoms with Gasteiger partial charge in [-0.05, 0) is 30.2 Å². The number of fused-ring (bicyclic) bond motifs is 1. The van der Waals surface area contributed by atoms with E-state index in [2.05, 4.69) is 20.8 Å². The molecule has 2 aromatic carbocycles. The molecule has 0 radical (unpaired) electrons. The Morgan fingerprint density at radius 2 is 1.74 bits per heavy atom. The second kappa shape index (κ2) is 12.0. The molecule has 0 spiro atoms. The summed E-state index contributed by atoms with van der Waals surface area (Å²) in [5, 5.41) is 62.4. The number of amides is 3. The molecule has 3 heterocycles. The van der Waals surface area contributed by atoms with Crippen LogP contribution in [0.15, 0.2) is 52.0 Å². The zero-order chi connectivity index (χ0) is 31.0. The summed E-state index contributed by atoms with van der Waals surface area (Å²) < 4.78 is 0.665. The minimum Gasteiger partial charge on any atom is -0.508 e. The van der Waals surface area contributed by atoms with E-state index in [1.54, 1.807) is 6.92 Å². The third-order valence-electron chi connectivity index (χ3n) is 6.50. The zero-order valence-electron chi connectivity index (χ0n) is 22.0. The SMILES string of the molecule is Cc1nnc(SCC2=C(C(=O)O)N3C(=O)C(NC(=O)C(NC(=O)c4c(O)cc(O)cc4O)c4ccc(O)cc4)[C@@H]3SC2)s1. The number of aliphatic carboxylic acids is 1. The van der Waals surface area contributed by atoms with Gasteiger partial charge >= 0.3 is 5.97 Å². The Bertz CT molecular complexity index is 1640. The van der Waals surface area contributed by atoms with E-state index in [1.807, 2.05) is 0 Å². The van der Waals surface area contributed by atoms with Crippen LogP contribution in [-0.4, -0.2) is 87.2 Å². The van der Waals surface area contributed by atoms with Gasteiger partial charge in [-0.15, -0.1) is 22.0 Å². The van der Waals surface area contributed by atoms with Gasteiger partial charge in [0.25, 0.3) is 11.8 Å². The van der Waals surface area contributed by atoms with Gasteiger partial charge in [-0.25, -0.2) is 4.79 Å². The fourth-order valence-corrected chi connectivity index (χ4v) is 7.82. The zero-order valence-corrected chi connectivity index (χ0v) is 24.5. The van der Waals surface area contributed by atoms with Crippen molar-refractivity contribution in [3.8, 4) is 23.0 Å². The highest BCUT2D eigenvalue weighted by Crippen LogP contribution is 2.42. The summed E-state index contributed by atoms with van der Waals surface area (Å²) in [6.07, 6.45) is 0. The number of aromatic nitrogens is 2. The molecule has 0 saturated carbocycles. The first-order chi connectivity index (χ1) is 20.4. The number of β-lactam (4-membered cyclic amide) rings is 1. The molecule has 0 aliphatic carbocycles. The number of hydrogen-bond acceptors (Lipinski definition) is 13. The summed E-state index contributed by atoms with van der Waals surface area (Å²) >= 11 is 3.96. The molecule has 17 heteroatoms. The van der Waals surface area contributed by atoms with Crippen LogP contribution in [0.5, 0.6) is 23.0 Å². The van der Waals surface area contributed by atoms with E-state index in [4.69, 9.17) is 0 Å². The van der Waals surface area contributed by atoms with Crippen molar-refractivity contribution in [3.63, 3.8) is 0 Å². The molecule has 1 aromatic heterocycles. The molecular formula is C26H23N5O9S3. The lowest BCUT2D eigenvalue weighted by Crippen LogP contribution is -2.71. The van der Waals surface area contributed by atoms with Gasteiger partial charge in [0.2, 0.25) is 5.91 Å². The second-order valence-electron chi connectivity index (χ2n) is 9.39. The van der Waals surface area contributed by atoms with Crippen LogP contribution in [-0.2, 0) is 14.4 Å². The maximum atomic E-state index is 13.5. The molecule has 3 aromatic rings. The number of thioether (sulfide) groups is 2. The number of carbonyl (C=O) groups excluding carboxylic acids is 3. The molecule has 43 heavy (non-hydrogen) atoms. The molecule has 1 saturated heterocycles. The number of nitrogens with one attached hydrogen (secondary N) is 2. The van der Waals surface area contributed by atoms with Gasteiger partial charge in [0, 0.05) is 23.6 Å². The number of nitrogens with zero attached hydrogens (tertiary/aromatic N) is 3. The first kappa shape index (κ1) is 30.0. The van der Waals surface area contributed by atoms with Crippen LogP contribution in [0.25, 0.3) is 0 Å². The number of aryl methyl sites for hydroxylation is 1. The normalized spacial score (nSPS) is 18.4. The van der Waals surface area contributed by atoms with Gasteiger partial charge in [0.15, 0.2) is 4.34 Å². The predicted molar refractivity (Wildman–Crippen MR) is 155 cm³/mol. The Balaban J connectivity index is 1.35. The summed E-state index contributed by atoms with van der Waals surface area (Å²) in [6, 6.07) is 4.36. The number of rotatable bonds is 9. The molecule has 224 valence electrons. The lowest BCUT2D eigenvalue weighted by Gasteiger charge is -2.49. The number of benzene rings is 2. The Labute approximate surface area is 255 Å². The molecule has 14 nitrogen and oxygen atoms in total. The monoisotopic (exact) mass is 645 g/mol. The number of aromatic hydroxyl groups is 4. The average Bonchev–Trinajstić information content (AvgIpc) is 3.37. The highest BCUT2D eigenvalue weighted by atomic mass is 32.2. The molecule has 0 bridgehead atoms. The Morgan fingerprint density at radius 3 is 2.35 bits per heavy atom. The second-order valence-corrected chi connectivity index (χ2v) is 12.9. The molecule has 1 fully saturated rings. The Hall–Kier alpha value is -4.48. The minimum atomic E-state index is -1.46. The lowest BCUT2D eigenvalue weighted by molar-refractivity contribution is -0.151. The predicted octanol–water partition coefficient (Wildman–Crippen LogP) is 1.67. The summed E-state index contributed by atoms with van der Waals surface area (Å²) in [4.78, 5) is 53.1. The first-order valence-corrected chi connectivity index (χ1v) is 15.3. The molecule has 3 amide bonds. The van der Waals surface area contributed by atoms with Crippen molar-refractivity contribution < 1.29 is 44.7 Å². The number of carboxylic acids is 1. The summed E-state index contributed by atoms with van der Waals surface area (Å²) in [5.41, 5.74) is -0.0470. The van der Waals surface area contributed by atoms with Crippen molar-refractivity contribution in [1.82, 2.24) is 25.7 Å². The van der Waals surface area contributed by atoms with Crippen molar-refractivity contribution in [1.29, 1.82) is 0 Å². The van der Waals surface area contributed by atoms with Gasteiger partial charge in [0.05, 0.1) is 0 Å². The number of phenolic OH excluding ortho intramolecular Hbond substituents is 4. The van der Waals surface area contributed by atoms with Crippen molar-refractivity contribution in [2.24, 2.45) is 0 Å². The summed E-state index contributed by atoms with van der Waals surface area (Å²) in [5.74, 6) is -5.38. The van der Waals surface area contributed by atoms with Crippen molar-refractivity contribution in [2.45, 2.75) is 28.7 Å². The van der Waals surface area contributed by atoms with Crippen LogP contribution in [0, 0.1) is 6.92 Å². The standard InChI is InChI=1S/C26H23N5O9S3/c1-10-29-30-26(43-10)42-9-12-8-41-24-19(23(38)31(24)20(12)25(39)40)28-22(37)18(11-2-4-13(32)5-3-11)27-21(36)17-15(34)6-14(33)7-16(17)35/h2-7,18-19,24,32-35H,8-9H2,1H3,(H,27,36)(H,28,37)(H,39,40)/t18?,19?,24-/m0/s1. The maximum Gasteiger partial charge on any atom is 0.352 e. The summed E-state index contributed by atoms with van der Waals surface area (Å²) in [6.45, 7) is 1.80. The lowest BCUT2D eigenvalue weighted by atomic mass is 10.0. The van der Waals surface area contributed by atoms with Gasteiger partial charge < -0.3 is 36.2 Å². The third-order valence-corrected chi connectivity index (χ3v) is 9.90. The van der Waals surface area contributed by atoms with Crippen LogP contribution < -0.4 is 10.6 Å². The van der Waals surface area contributed by atoms with E-state index in [0.717, 1.165) is 22.0 Å². The van der Waals surface area contributed by atoms with Gasteiger partial charge in [0.1, 0.15) is 56.7 Å². The van der Waals surface area contributed by atoms with Crippen molar-refractivity contribution in [2.75, 3.05) is 11.5 Å². The van der Waals surface area contributed by atoms with Gasteiger partial charge in [-0.1, -0.05) is 35.2 Å². The van der Waals surface area contributed by atoms with Crippen LogP contribution in [0.2, 0.25) is 0 Å². The quantitative estimate of drug-likeness (QED) is 0.130. The Morgan fingerprint density at radius 1 is 1.07 bits per heavy atom. The number of carbonyl (C=O) groups is 4. The number of hydrogen-bond donors (Lipinski definition) is 7. The van der Waals surface area contributed by atoms with Crippen LogP contribution in [0.4, 0.5) is 0 Å². The highest BCUT2D eigenvalue weighted by Gasteiger charge is 2.54. The van der Waals surface area contributed by atoms with E-state index in [-0.39, 0.29) is 28.5 Å². The maximum absolute atomic E-state index is 13.5. The fourth-order valence-electron chi connectivity index (χ4n) is 4.52. The average molecular weight is 646 g/mol. The molecule has 5 rings (SSSR count). The fraction of sp³-hybridized carbons (Fsp3) is 0.231. The first-order valence-electron chi connectivity index (χ1n) is 12.4. The summed E-state index contributed by atoms with van der Waals surface area (Å²) in [7, 11) is 0. The Kier molecular flexibility index (Phi) is 8.38. The van der Waals surface area contributed by atoms with Crippen molar-refractivity contribution >= 4 is 58.6 Å². The van der Waals surface area contributed by atoms with Gasteiger partial charge in [-0.2, -0.15) is 0 Å². The molecule has 3 atom stereocenters. The third kappa shape index (κ3) is 6.04. The molecule has 7 N–H and O–H groups in total. The van der Waals surface area contributed by atoms with E-state index in [9.17, 15) is 44.7 Å². The largest absolute Gasteiger partial charge is 0.508 e. The molecular weight excluding hydrogens is 623 g/mol. The van der Waals surface area contributed by atoms with E-state index in [0.29, 0.717) is 9.91 Å². The molecule has 2 aliphatic heterocycles. The highest BCUT2D eigenvalue weighted by molar-refractivity contribution is 8.01. The molecule has 2 aliphatic rings. The number of carboxylic acid groups (broad SMARTS) is 1. The van der Waals surface area contributed by atoms with E-state index in [1.165, 1.54) is 59.1 Å².